The standard InChI is InChI=1S/C16H24N2O/c1-18(14-5-2-4-13(10-14)12-17)15-6-9-19-16(11-15)7-3-8-16/h2,4-5,10,15H,3,6-9,11-12,17H2,1H3. The minimum atomic E-state index is 0.211. The van der Waals surface area contributed by atoms with Gasteiger partial charge in [0.05, 0.1) is 5.60 Å². The van der Waals surface area contributed by atoms with Gasteiger partial charge < -0.3 is 15.4 Å². The van der Waals surface area contributed by atoms with Crippen LogP contribution in [-0.2, 0) is 11.3 Å². The Kier molecular flexibility index (Phi) is 3.50. The van der Waals surface area contributed by atoms with Gasteiger partial charge in [-0.25, -0.2) is 0 Å². The number of nitrogens with two attached hydrogens (primary N) is 1. The molecule has 2 N–H and O–H groups in total. The first-order chi connectivity index (χ1) is 9.22. The van der Waals surface area contributed by atoms with E-state index in [1.165, 1.54) is 36.9 Å². The lowest BCUT2D eigenvalue weighted by atomic mass is 9.73. The normalized spacial score (nSPS) is 25.1. The highest BCUT2D eigenvalue weighted by Gasteiger charge is 2.43. The molecule has 0 amide bonds. The smallest absolute Gasteiger partial charge is 0.0702 e. The average molecular weight is 260 g/mol. The molecule has 1 aromatic rings. The summed E-state index contributed by atoms with van der Waals surface area (Å²) in [6, 6.07) is 9.19. The van der Waals surface area contributed by atoms with Crippen LogP contribution in [-0.4, -0.2) is 25.3 Å². The quantitative estimate of drug-likeness (QED) is 0.908. The molecule has 0 aromatic heterocycles. The van der Waals surface area contributed by atoms with E-state index in [-0.39, 0.29) is 5.60 Å². The minimum Gasteiger partial charge on any atom is -0.375 e. The van der Waals surface area contributed by atoms with Crippen molar-refractivity contribution >= 4 is 5.69 Å². The van der Waals surface area contributed by atoms with E-state index in [2.05, 4.69) is 36.2 Å². The van der Waals surface area contributed by atoms with Crippen molar-refractivity contribution in [3.63, 3.8) is 0 Å². The van der Waals surface area contributed by atoms with Crippen LogP contribution in [0.4, 0.5) is 5.69 Å². The number of hydrogen-bond acceptors (Lipinski definition) is 3. The van der Waals surface area contributed by atoms with Gasteiger partial charge in [-0.05, 0) is 49.8 Å². The topological polar surface area (TPSA) is 38.5 Å². The van der Waals surface area contributed by atoms with E-state index >= 15 is 0 Å². The van der Waals surface area contributed by atoms with Crippen molar-refractivity contribution in [2.24, 2.45) is 5.73 Å². The zero-order chi connectivity index (χ0) is 13.3. The van der Waals surface area contributed by atoms with E-state index < -0.39 is 0 Å². The number of ether oxygens (including phenoxy) is 1. The zero-order valence-electron chi connectivity index (χ0n) is 11.8. The van der Waals surface area contributed by atoms with Crippen LogP contribution in [0, 0.1) is 0 Å². The van der Waals surface area contributed by atoms with Gasteiger partial charge in [0, 0.05) is 31.9 Å². The van der Waals surface area contributed by atoms with E-state index in [0.29, 0.717) is 12.6 Å². The number of rotatable bonds is 3. The molecule has 2 fully saturated rings. The third-order valence-corrected chi connectivity index (χ3v) is 4.83. The third kappa shape index (κ3) is 2.49. The van der Waals surface area contributed by atoms with Crippen molar-refractivity contribution in [2.45, 2.75) is 50.3 Å². The summed E-state index contributed by atoms with van der Waals surface area (Å²) in [5.74, 6) is 0. The highest BCUT2D eigenvalue weighted by atomic mass is 16.5. The van der Waals surface area contributed by atoms with Gasteiger partial charge in [-0.15, -0.1) is 0 Å². The highest BCUT2D eigenvalue weighted by Crippen LogP contribution is 2.43. The van der Waals surface area contributed by atoms with E-state index in [9.17, 15) is 0 Å². The Morgan fingerprint density at radius 1 is 1.42 bits per heavy atom. The summed E-state index contributed by atoms with van der Waals surface area (Å²) in [7, 11) is 2.21. The molecule has 104 valence electrons. The van der Waals surface area contributed by atoms with Crippen LogP contribution >= 0.6 is 0 Å². The molecule has 19 heavy (non-hydrogen) atoms. The van der Waals surface area contributed by atoms with Crippen molar-refractivity contribution in [3.8, 4) is 0 Å². The third-order valence-electron chi connectivity index (χ3n) is 4.83. The second-order valence-electron chi connectivity index (χ2n) is 6.02. The number of benzene rings is 1. The van der Waals surface area contributed by atoms with Gasteiger partial charge in [0.15, 0.2) is 0 Å². The fourth-order valence-electron chi connectivity index (χ4n) is 3.37. The van der Waals surface area contributed by atoms with Gasteiger partial charge in [0.1, 0.15) is 0 Å². The second-order valence-corrected chi connectivity index (χ2v) is 6.02. The Bertz CT molecular complexity index is 442. The first-order valence-corrected chi connectivity index (χ1v) is 7.38. The van der Waals surface area contributed by atoms with Gasteiger partial charge in [-0.3, -0.25) is 0 Å². The van der Waals surface area contributed by atoms with Crippen molar-refractivity contribution in [1.82, 2.24) is 0 Å². The average Bonchev–Trinajstić information content (AvgIpc) is 2.45. The van der Waals surface area contributed by atoms with Crippen LogP contribution in [0.1, 0.15) is 37.7 Å². The maximum absolute atomic E-state index is 6.02. The van der Waals surface area contributed by atoms with Crippen LogP contribution in [0.5, 0.6) is 0 Å². The molecule has 1 saturated carbocycles. The summed E-state index contributed by atoms with van der Waals surface area (Å²) < 4.78 is 6.02. The van der Waals surface area contributed by atoms with Crippen LogP contribution in [0.3, 0.4) is 0 Å². The largest absolute Gasteiger partial charge is 0.375 e. The maximum atomic E-state index is 6.02. The van der Waals surface area contributed by atoms with Gasteiger partial charge in [-0.1, -0.05) is 12.1 Å². The lowest BCUT2D eigenvalue weighted by Gasteiger charge is -2.49. The van der Waals surface area contributed by atoms with Crippen molar-refractivity contribution in [3.05, 3.63) is 29.8 Å². The van der Waals surface area contributed by atoms with Crippen molar-refractivity contribution in [1.29, 1.82) is 0 Å². The van der Waals surface area contributed by atoms with Crippen LogP contribution < -0.4 is 10.6 Å². The molecule has 1 heterocycles. The Hall–Kier alpha value is -1.06. The van der Waals surface area contributed by atoms with Gasteiger partial charge in [0.2, 0.25) is 0 Å². The molecule has 3 rings (SSSR count). The molecule has 1 aromatic carbocycles. The fourth-order valence-corrected chi connectivity index (χ4v) is 3.37. The van der Waals surface area contributed by atoms with E-state index in [1.807, 2.05) is 0 Å². The molecular weight excluding hydrogens is 236 g/mol. The molecule has 0 bridgehead atoms. The maximum Gasteiger partial charge on any atom is 0.0702 e. The Labute approximate surface area is 115 Å². The SMILES string of the molecule is CN(c1cccc(CN)c1)C1CCOC2(CCC2)C1. The summed E-state index contributed by atoms with van der Waals surface area (Å²) in [5, 5.41) is 0. The predicted octanol–water partition coefficient (Wildman–Crippen LogP) is 2.68. The monoisotopic (exact) mass is 260 g/mol. The van der Waals surface area contributed by atoms with Crippen molar-refractivity contribution in [2.75, 3.05) is 18.6 Å². The minimum absolute atomic E-state index is 0.211. The Balaban J connectivity index is 1.73. The number of nitrogens with zero attached hydrogens (tertiary/aromatic N) is 1. The fraction of sp³-hybridized carbons (Fsp3) is 0.625. The van der Waals surface area contributed by atoms with Crippen LogP contribution in [0.25, 0.3) is 0 Å². The summed E-state index contributed by atoms with van der Waals surface area (Å²) in [4.78, 5) is 2.42. The lowest BCUT2D eigenvalue weighted by molar-refractivity contribution is -0.132. The summed E-state index contributed by atoms with van der Waals surface area (Å²) >= 11 is 0. The highest BCUT2D eigenvalue weighted by molar-refractivity contribution is 5.49. The van der Waals surface area contributed by atoms with Crippen molar-refractivity contribution < 1.29 is 4.74 Å². The molecule has 1 spiro atoms. The summed E-state index contributed by atoms with van der Waals surface area (Å²) in [6.45, 7) is 1.52. The molecule has 0 radical (unpaired) electrons. The summed E-state index contributed by atoms with van der Waals surface area (Å²) in [6.07, 6.45) is 6.14. The number of anilines is 1. The molecule has 1 saturated heterocycles. The lowest BCUT2D eigenvalue weighted by Crippen LogP contribution is -2.51. The molecule has 1 aliphatic heterocycles. The van der Waals surface area contributed by atoms with Gasteiger partial charge in [0.25, 0.3) is 0 Å². The molecule has 3 heteroatoms. The molecule has 1 unspecified atom stereocenters. The van der Waals surface area contributed by atoms with E-state index in [0.717, 1.165) is 13.0 Å². The van der Waals surface area contributed by atoms with E-state index in [4.69, 9.17) is 10.5 Å². The van der Waals surface area contributed by atoms with E-state index in [1.54, 1.807) is 0 Å². The Morgan fingerprint density at radius 2 is 2.26 bits per heavy atom. The Morgan fingerprint density at radius 3 is 2.95 bits per heavy atom. The predicted molar refractivity (Wildman–Crippen MR) is 78.3 cm³/mol. The first kappa shape index (κ1) is 12.9. The first-order valence-electron chi connectivity index (χ1n) is 7.38. The van der Waals surface area contributed by atoms with Crippen LogP contribution in [0.2, 0.25) is 0 Å². The molecule has 1 atom stereocenters. The van der Waals surface area contributed by atoms with Crippen LogP contribution in [0.15, 0.2) is 24.3 Å². The van der Waals surface area contributed by atoms with Gasteiger partial charge in [-0.2, -0.15) is 0 Å². The molecule has 1 aliphatic carbocycles. The van der Waals surface area contributed by atoms with Gasteiger partial charge >= 0.3 is 0 Å². The molecule has 3 nitrogen and oxygen atoms in total. The second kappa shape index (κ2) is 5.14. The summed E-state index contributed by atoms with van der Waals surface area (Å²) in [5.41, 5.74) is 8.43. The molecule has 2 aliphatic rings. The molecular formula is C16H24N2O. The zero-order valence-corrected chi connectivity index (χ0v) is 11.8. The number of hydrogen-bond donors (Lipinski definition) is 1.